The monoisotopic (exact) mass is 278 g/mol. The SMILES string of the molecule is CC(C)NC(C)(CC1CCC1)c1nc2c(s1)CCC2. The Hall–Kier alpha value is -0.410. The van der Waals surface area contributed by atoms with Crippen LogP contribution in [0.4, 0.5) is 0 Å². The van der Waals surface area contributed by atoms with Crippen LogP contribution >= 0.6 is 11.3 Å². The molecule has 19 heavy (non-hydrogen) atoms. The zero-order valence-electron chi connectivity index (χ0n) is 12.5. The highest BCUT2D eigenvalue weighted by Crippen LogP contribution is 2.41. The Kier molecular flexibility index (Phi) is 3.69. The third kappa shape index (κ3) is 2.73. The molecule has 106 valence electrons. The van der Waals surface area contributed by atoms with Gasteiger partial charge in [-0.05, 0) is 52.4 Å². The maximum absolute atomic E-state index is 4.98. The maximum atomic E-state index is 4.98. The number of thiazole rings is 1. The van der Waals surface area contributed by atoms with Crippen LogP contribution in [0.15, 0.2) is 0 Å². The molecule has 0 amide bonds. The predicted molar refractivity (Wildman–Crippen MR) is 81.7 cm³/mol. The van der Waals surface area contributed by atoms with E-state index in [0.717, 1.165) is 5.92 Å². The number of nitrogens with zero attached hydrogens (tertiary/aromatic N) is 1. The van der Waals surface area contributed by atoms with Crippen molar-refractivity contribution in [2.24, 2.45) is 5.92 Å². The third-order valence-corrected chi connectivity index (χ3v) is 6.02. The van der Waals surface area contributed by atoms with Gasteiger partial charge in [0.1, 0.15) is 5.01 Å². The molecule has 1 fully saturated rings. The Morgan fingerprint density at radius 3 is 2.68 bits per heavy atom. The van der Waals surface area contributed by atoms with E-state index in [1.165, 1.54) is 55.6 Å². The lowest BCUT2D eigenvalue weighted by atomic mass is 9.76. The van der Waals surface area contributed by atoms with Gasteiger partial charge in [-0.2, -0.15) is 0 Å². The number of rotatable bonds is 5. The molecule has 0 aromatic carbocycles. The number of nitrogens with one attached hydrogen (secondary N) is 1. The van der Waals surface area contributed by atoms with Gasteiger partial charge in [-0.15, -0.1) is 11.3 Å². The minimum Gasteiger partial charge on any atom is -0.303 e. The Balaban J connectivity index is 1.83. The fourth-order valence-electron chi connectivity index (χ4n) is 3.55. The molecule has 0 radical (unpaired) electrons. The van der Waals surface area contributed by atoms with Crippen LogP contribution in [-0.2, 0) is 18.4 Å². The second-order valence-corrected chi connectivity index (χ2v) is 7.96. The molecule has 0 saturated heterocycles. The molecule has 0 spiro atoms. The van der Waals surface area contributed by atoms with Gasteiger partial charge in [0.25, 0.3) is 0 Å². The standard InChI is InChI=1S/C16H26N2S/c1-11(2)18-16(3,10-12-6-4-7-12)15-17-13-8-5-9-14(13)19-15/h11-12,18H,4-10H2,1-3H3. The van der Waals surface area contributed by atoms with Crippen LogP contribution in [0.2, 0.25) is 0 Å². The Morgan fingerprint density at radius 1 is 1.32 bits per heavy atom. The van der Waals surface area contributed by atoms with Gasteiger partial charge in [0.15, 0.2) is 0 Å². The average molecular weight is 278 g/mol. The second-order valence-electron chi connectivity index (χ2n) is 6.87. The quantitative estimate of drug-likeness (QED) is 0.879. The first-order valence-electron chi connectivity index (χ1n) is 7.83. The minimum atomic E-state index is 0.0915. The fourth-order valence-corrected chi connectivity index (χ4v) is 4.81. The number of fused-ring (bicyclic) bond motifs is 1. The summed E-state index contributed by atoms with van der Waals surface area (Å²) in [5.74, 6) is 0.912. The zero-order chi connectivity index (χ0) is 13.5. The molecule has 1 aromatic rings. The zero-order valence-corrected chi connectivity index (χ0v) is 13.3. The Morgan fingerprint density at radius 2 is 2.11 bits per heavy atom. The van der Waals surface area contributed by atoms with Gasteiger partial charge in [-0.1, -0.05) is 19.3 Å². The molecule has 1 heterocycles. The van der Waals surface area contributed by atoms with Gasteiger partial charge >= 0.3 is 0 Å². The molecule has 3 rings (SSSR count). The molecule has 1 aromatic heterocycles. The number of aryl methyl sites for hydroxylation is 2. The highest BCUT2D eigenvalue weighted by Gasteiger charge is 2.36. The van der Waals surface area contributed by atoms with Crippen molar-refractivity contribution in [3.63, 3.8) is 0 Å². The Labute approximate surface area is 121 Å². The summed E-state index contributed by atoms with van der Waals surface area (Å²) in [6.45, 7) is 6.87. The molecule has 1 N–H and O–H groups in total. The summed E-state index contributed by atoms with van der Waals surface area (Å²) in [6, 6.07) is 0.517. The van der Waals surface area contributed by atoms with Gasteiger partial charge in [0.05, 0.1) is 11.2 Å². The average Bonchev–Trinajstić information content (AvgIpc) is 2.82. The molecule has 0 bridgehead atoms. The van der Waals surface area contributed by atoms with Crippen LogP contribution in [0.5, 0.6) is 0 Å². The van der Waals surface area contributed by atoms with Crippen LogP contribution in [0.3, 0.4) is 0 Å². The summed E-state index contributed by atoms with van der Waals surface area (Å²) in [4.78, 5) is 6.54. The molecular formula is C16H26N2S. The molecular weight excluding hydrogens is 252 g/mol. The third-order valence-electron chi connectivity index (χ3n) is 4.60. The molecule has 2 nitrogen and oxygen atoms in total. The number of hydrogen-bond donors (Lipinski definition) is 1. The van der Waals surface area contributed by atoms with E-state index < -0.39 is 0 Å². The molecule has 1 unspecified atom stereocenters. The summed E-state index contributed by atoms with van der Waals surface area (Å²) in [6.07, 6.45) is 9.29. The van der Waals surface area contributed by atoms with E-state index in [2.05, 4.69) is 26.1 Å². The van der Waals surface area contributed by atoms with Crippen molar-refractivity contribution < 1.29 is 0 Å². The molecule has 0 aliphatic heterocycles. The lowest BCUT2D eigenvalue weighted by Crippen LogP contribution is -2.45. The van der Waals surface area contributed by atoms with Gasteiger partial charge in [0.2, 0.25) is 0 Å². The normalized spacial score (nSPS) is 22.3. The van der Waals surface area contributed by atoms with E-state index in [0.29, 0.717) is 6.04 Å². The van der Waals surface area contributed by atoms with Crippen LogP contribution < -0.4 is 5.32 Å². The van der Waals surface area contributed by atoms with E-state index in [9.17, 15) is 0 Å². The van der Waals surface area contributed by atoms with Gasteiger partial charge in [-0.25, -0.2) is 4.98 Å². The van der Waals surface area contributed by atoms with E-state index >= 15 is 0 Å². The van der Waals surface area contributed by atoms with E-state index in [1.54, 1.807) is 4.88 Å². The summed E-state index contributed by atoms with van der Waals surface area (Å²) in [5, 5.41) is 5.15. The van der Waals surface area contributed by atoms with Crippen molar-refractivity contribution in [1.82, 2.24) is 10.3 Å². The molecule has 2 aliphatic carbocycles. The smallest absolute Gasteiger partial charge is 0.113 e. The van der Waals surface area contributed by atoms with Gasteiger partial charge in [-0.3, -0.25) is 0 Å². The lowest BCUT2D eigenvalue weighted by molar-refractivity contribution is 0.194. The first-order valence-corrected chi connectivity index (χ1v) is 8.65. The summed E-state index contributed by atoms with van der Waals surface area (Å²) in [7, 11) is 0. The van der Waals surface area contributed by atoms with E-state index in [-0.39, 0.29) is 5.54 Å². The number of aromatic nitrogens is 1. The van der Waals surface area contributed by atoms with Crippen LogP contribution in [0, 0.1) is 5.92 Å². The van der Waals surface area contributed by atoms with Gasteiger partial charge in [0, 0.05) is 10.9 Å². The van der Waals surface area contributed by atoms with Crippen LogP contribution in [-0.4, -0.2) is 11.0 Å². The van der Waals surface area contributed by atoms with Crippen LogP contribution in [0.25, 0.3) is 0 Å². The maximum Gasteiger partial charge on any atom is 0.113 e. The minimum absolute atomic E-state index is 0.0915. The largest absolute Gasteiger partial charge is 0.303 e. The van der Waals surface area contributed by atoms with Crippen molar-refractivity contribution in [3.05, 3.63) is 15.6 Å². The summed E-state index contributed by atoms with van der Waals surface area (Å²) < 4.78 is 0. The highest BCUT2D eigenvalue weighted by molar-refractivity contribution is 7.12. The fraction of sp³-hybridized carbons (Fsp3) is 0.812. The molecule has 1 saturated carbocycles. The molecule has 2 aliphatic rings. The van der Waals surface area contributed by atoms with Crippen molar-refractivity contribution >= 4 is 11.3 Å². The lowest BCUT2D eigenvalue weighted by Gasteiger charge is -2.38. The van der Waals surface area contributed by atoms with Crippen LogP contribution in [0.1, 0.15) is 68.5 Å². The molecule has 1 atom stereocenters. The Bertz CT molecular complexity index is 426. The molecule has 3 heteroatoms. The van der Waals surface area contributed by atoms with E-state index in [4.69, 9.17) is 4.98 Å². The van der Waals surface area contributed by atoms with Crippen molar-refractivity contribution in [1.29, 1.82) is 0 Å². The van der Waals surface area contributed by atoms with Crippen molar-refractivity contribution in [3.8, 4) is 0 Å². The number of hydrogen-bond acceptors (Lipinski definition) is 3. The topological polar surface area (TPSA) is 24.9 Å². The highest BCUT2D eigenvalue weighted by atomic mass is 32.1. The van der Waals surface area contributed by atoms with Gasteiger partial charge < -0.3 is 5.32 Å². The first-order chi connectivity index (χ1) is 9.07. The van der Waals surface area contributed by atoms with E-state index in [1.807, 2.05) is 11.3 Å². The first kappa shape index (κ1) is 13.6. The predicted octanol–water partition coefficient (Wildman–Crippen LogP) is 4.04. The van der Waals surface area contributed by atoms with Crippen molar-refractivity contribution in [2.45, 2.75) is 77.3 Å². The second kappa shape index (κ2) is 5.17. The van der Waals surface area contributed by atoms with Crippen molar-refractivity contribution in [2.75, 3.05) is 0 Å². The summed E-state index contributed by atoms with van der Waals surface area (Å²) in [5.41, 5.74) is 1.49. The summed E-state index contributed by atoms with van der Waals surface area (Å²) >= 11 is 1.97.